The second kappa shape index (κ2) is 12.8. The molecular weight excluding hydrogens is 557 g/mol. The fourth-order valence-electron chi connectivity index (χ4n) is 0. The predicted molar refractivity (Wildman–Crippen MR) is 8.54 cm³/mol. The molecule has 0 N–H and O–H groups in total. The Morgan fingerprint density at radius 1 is 0.556 bits per heavy atom. The van der Waals surface area contributed by atoms with Crippen LogP contribution in [0, 0.1) is 0 Å². The second-order valence-corrected chi connectivity index (χ2v) is 2.54. The summed E-state index contributed by atoms with van der Waals surface area (Å²) in [5.74, 6) is 0. The molecule has 56 valence electrons. The van der Waals surface area contributed by atoms with Gasteiger partial charge in [0.15, 0.2) is 0 Å². The van der Waals surface area contributed by atoms with Crippen LogP contribution in [-0.2, 0) is 0 Å². The molecule has 0 saturated carbocycles. The normalized spacial score (nSPS) is 8.00. The molecule has 0 aromatic rings. The molecule has 9 heavy (non-hydrogen) atoms. The Balaban J connectivity index is -0.0000000720. The summed E-state index contributed by atoms with van der Waals surface area (Å²) >= 11 is -8.03. The Morgan fingerprint density at radius 2 is 0.556 bits per heavy atom. The van der Waals surface area contributed by atoms with E-state index in [1.807, 2.05) is 0 Å². The molecule has 0 aliphatic rings. The van der Waals surface area contributed by atoms with Crippen molar-refractivity contribution in [1.82, 2.24) is 0 Å². The molecule has 0 rings (SSSR count). The Kier molecular flexibility index (Phi) is 24.6. The van der Waals surface area contributed by atoms with Crippen LogP contribution in [0.3, 0.4) is 0 Å². The first kappa shape index (κ1) is 17.3. The molecule has 0 radical (unpaired) electrons. The summed E-state index contributed by atoms with van der Waals surface area (Å²) < 4.78 is 51.4. The third-order valence-electron chi connectivity index (χ3n) is 0. The molecule has 0 fully saturated rings. The number of halogens is 2. The zero-order valence-corrected chi connectivity index (χ0v) is 13.7. The topological polar surface area (TPSA) is 138 Å². The first-order valence-electron chi connectivity index (χ1n) is 0.926. The van der Waals surface area contributed by atoms with Gasteiger partial charge in [0.2, 0.25) is 0 Å². The van der Waals surface area contributed by atoms with Crippen molar-refractivity contribution in [1.29, 1.82) is 0 Å². The van der Waals surface area contributed by atoms with Crippen LogP contribution < -0.4 is 62.7 Å². The van der Waals surface area contributed by atoms with E-state index in [2.05, 4.69) is 0 Å². The Morgan fingerprint density at radius 3 is 0.556 bits per heavy atom. The van der Waals surface area contributed by atoms with E-state index >= 15 is 0 Å². The summed E-state index contributed by atoms with van der Waals surface area (Å²) in [5.41, 5.74) is 0. The summed E-state index contributed by atoms with van der Waals surface area (Å²) in [6, 6.07) is 0. The van der Waals surface area contributed by atoms with Crippen molar-refractivity contribution in [2.75, 3.05) is 0 Å². The maximum atomic E-state index is 8.57. The van der Waals surface area contributed by atoms with Gasteiger partial charge in [-0.25, -0.2) is 0 Å². The van der Waals surface area contributed by atoms with Crippen LogP contribution in [0.15, 0.2) is 0 Å². The fourth-order valence-corrected chi connectivity index (χ4v) is 0. The molecule has 0 spiro atoms. The van der Waals surface area contributed by atoms with Gasteiger partial charge in [0.25, 0.3) is 42.1 Å². The summed E-state index contributed by atoms with van der Waals surface area (Å²) in [5, 5.41) is 0. The zero-order chi connectivity index (χ0) is 7.15. The van der Waals surface area contributed by atoms with E-state index in [-0.39, 0.29) is 27.3 Å². The van der Waals surface area contributed by atoms with E-state index in [0.29, 0.717) is 0 Å². The van der Waals surface area contributed by atoms with Crippen molar-refractivity contribution in [3.05, 3.63) is 0 Å². The van der Waals surface area contributed by atoms with Crippen LogP contribution >= 0.6 is 0 Å². The third kappa shape index (κ3) is 147. The van der Waals surface area contributed by atoms with Crippen LogP contribution in [-0.4, -0.2) is 27.3 Å². The van der Waals surface area contributed by atoms with Gasteiger partial charge < -0.3 is 20.6 Å². The Labute approximate surface area is 88.8 Å². The molecule has 0 aromatic carbocycles. The van der Waals surface area contributed by atoms with E-state index < -0.39 is 42.1 Å². The predicted octanol–water partition coefficient (Wildman–Crippen LogP) is -14.0. The average molecular weight is 559 g/mol. The van der Waals surface area contributed by atoms with Crippen molar-refractivity contribution in [3.8, 4) is 0 Å². The molecule has 0 unspecified atom stereocenters. The van der Waals surface area contributed by atoms with E-state index in [9.17, 15) is 0 Å². The molecular formula is H2I2O6Pb. The molecule has 0 heterocycles. The molecule has 6 nitrogen and oxygen atoms in total. The van der Waals surface area contributed by atoms with Crippen LogP contribution in [0.1, 0.15) is 0 Å². The monoisotopic (exact) mass is 560 g/mol. The van der Waals surface area contributed by atoms with Gasteiger partial charge in [-0.05, 0) is 0 Å². The fraction of sp³-hybridized carbons (Fsp3) is 0. The molecule has 0 aromatic heterocycles. The maximum absolute atomic E-state index is 8.57. The summed E-state index contributed by atoms with van der Waals surface area (Å²) in [4.78, 5) is 0. The van der Waals surface area contributed by atoms with Gasteiger partial charge in [0.1, 0.15) is 0 Å². The van der Waals surface area contributed by atoms with Crippen LogP contribution in [0.4, 0.5) is 0 Å². The number of rotatable bonds is 0. The van der Waals surface area contributed by atoms with Crippen molar-refractivity contribution >= 4 is 27.3 Å². The molecule has 0 aliphatic heterocycles. The van der Waals surface area contributed by atoms with Crippen molar-refractivity contribution in [2.24, 2.45) is 0 Å². The molecule has 0 aliphatic carbocycles. The molecule has 0 bridgehead atoms. The van der Waals surface area contributed by atoms with Gasteiger partial charge in [0.05, 0.1) is 0 Å². The SMILES string of the molecule is [O-][I+2]([O-])[O-].[O-][I+2]([O-])[O-].[PbH2+2]. The van der Waals surface area contributed by atoms with E-state index in [4.69, 9.17) is 20.6 Å². The van der Waals surface area contributed by atoms with Crippen LogP contribution in [0.5, 0.6) is 0 Å². The summed E-state index contributed by atoms with van der Waals surface area (Å²) in [6.07, 6.45) is 0. The zero-order valence-electron chi connectivity index (χ0n) is 3.91. The number of hydrogen-bond donors (Lipinski definition) is 0. The van der Waals surface area contributed by atoms with Crippen molar-refractivity contribution in [2.45, 2.75) is 0 Å². The third-order valence-corrected chi connectivity index (χ3v) is 0. The first-order chi connectivity index (χ1) is 3.46. The Bertz CT molecular complexity index is 26.5. The Hall–Kier alpha value is 2.14. The molecule has 0 atom stereocenters. The van der Waals surface area contributed by atoms with E-state index in [0.717, 1.165) is 0 Å². The summed E-state index contributed by atoms with van der Waals surface area (Å²) in [7, 11) is 0. The molecule has 9 heteroatoms. The van der Waals surface area contributed by atoms with Crippen LogP contribution in [0.2, 0.25) is 0 Å². The average Bonchev–Trinajstić information content (AvgIpc) is 1.25. The summed E-state index contributed by atoms with van der Waals surface area (Å²) in [6.45, 7) is 0. The molecule has 0 amide bonds. The van der Waals surface area contributed by atoms with Gasteiger partial charge in [-0.1, -0.05) is 0 Å². The molecule has 0 saturated heterocycles. The van der Waals surface area contributed by atoms with Crippen LogP contribution in [0.25, 0.3) is 0 Å². The van der Waals surface area contributed by atoms with Gasteiger partial charge in [-0.15, -0.1) is 0 Å². The van der Waals surface area contributed by atoms with Crippen molar-refractivity contribution in [3.63, 3.8) is 0 Å². The minimum atomic E-state index is -4.01. The van der Waals surface area contributed by atoms with Gasteiger partial charge in [0, 0.05) is 0 Å². The quantitative estimate of drug-likeness (QED) is 0.214. The van der Waals surface area contributed by atoms with E-state index in [1.165, 1.54) is 0 Å². The minimum absolute atomic E-state index is 0. The first-order valence-corrected chi connectivity index (χ1v) is 6.21. The second-order valence-electron chi connectivity index (χ2n) is 0.378. The van der Waals surface area contributed by atoms with Crippen molar-refractivity contribution < 1.29 is 62.7 Å². The van der Waals surface area contributed by atoms with Gasteiger partial charge in [-0.3, -0.25) is 0 Å². The van der Waals surface area contributed by atoms with Gasteiger partial charge in [-0.2, -0.15) is 0 Å². The standard InChI is InChI=1S/2IO3.Pb.2H/c2*2-1(3)4;;;/q2*-1;+2;;. The van der Waals surface area contributed by atoms with Gasteiger partial charge >= 0.3 is 27.3 Å². The van der Waals surface area contributed by atoms with E-state index in [1.54, 1.807) is 0 Å². The number of hydrogen-bond acceptors (Lipinski definition) is 6.